The molecule has 1 aliphatic rings. The third-order valence-electron chi connectivity index (χ3n) is 5.04. The Morgan fingerprint density at radius 1 is 1.23 bits per heavy atom. The number of anilines is 2. The average Bonchev–Trinajstić information content (AvgIpc) is 3.35. The minimum atomic E-state index is -1.99. The van der Waals surface area contributed by atoms with Gasteiger partial charge in [-0.1, -0.05) is 25.4 Å². The van der Waals surface area contributed by atoms with Gasteiger partial charge in [-0.25, -0.2) is 14.8 Å². The molecule has 31 heavy (non-hydrogen) atoms. The van der Waals surface area contributed by atoms with Crippen LogP contribution in [0, 0.1) is 5.92 Å². The van der Waals surface area contributed by atoms with Crippen LogP contribution in [0.5, 0.6) is 0 Å². The minimum absolute atomic E-state index is 0.197. The fraction of sp³-hybridized carbons (Fsp3) is 0.364. The van der Waals surface area contributed by atoms with E-state index >= 15 is 0 Å². The molecule has 2 aromatic heterocycles. The van der Waals surface area contributed by atoms with Crippen LogP contribution in [-0.2, 0) is 0 Å². The second kappa shape index (κ2) is 8.55. The lowest BCUT2D eigenvalue weighted by molar-refractivity contribution is 0.229. The fourth-order valence-corrected chi connectivity index (χ4v) is 3.47. The minimum Gasteiger partial charge on any atom is -0.346 e. The summed E-state index contributed by atoms with van der Waals surface area (Å²) in [4.78, 5) is 28.4. The predicted molar refractivity (Wildman–Crippen MR) is 122 cm³/mol. The number of carbonyl (C=O) groups is 1. The highest BCUT2D eigenvalue weighted by Crippen LogP contribution is 2.27. The van der Waals surface area contributed by atoms with Crippen molar-refractivity contribution in [3.8, 4) is 5.69 Å². The number of halogens is 1. The fourth-order valence-electron chi connectivity index (χ4n) is 3.35. The maximum absolute atomic E-state index is 13.0. The van der Waals surface area contributed by atoms with Crippen molar-refractivity contribution in [1.82, 2.24) is 24.4 Å². The Morgan fingerprint density at radius 3 is 2.71 bits per heavy atom. The van der Waals surface area contributed by atoms with E-state index < -0.39 is 25.6 Å². The van der Waals surface area contributed by atoms with Gasteiger partial charge in [0.1, 0.15) is 5.82 Å². The van der Waals surface area contributed by atoms with E-state index in [9.17, 15) is 4.79 Å². The molecule has 8 nitrogen and oxygen atoms in total. The molecule has 1 saturated heterocycles. The molecule has 0 aliphatic carbocycles. The number of urea groups is 1. The number of imidazole rings is 1. The average molecular weight is 443 g/mol. The monoisotopic (exact) mass is 442 g/mol. The molecule has 0 spiro atoms. The van der Waals surface area contributed by atoms with Crippen LogP contribution in [0.3, 0.4) is 0 Å². The van der Waals surface area contributed by atoms with Gasteiger partial charge < -0.3 is 14.8 Å². The molecule has 1 aliphatic heterocycles. The number of benzene rings is 1. The van der Waals surface area contributed by atoms with Crippen LogP contribution < -0.4 is 10.2 Å². The highest BCUT2D eigenvalue weighted by molar-refractivity contribution is 6.30. The molecule has 1 aromatic carbocycles. The van der Waals surface area contributed by atoms with E-state index in [4.69, 9.17) is 15.7 Å². The Bertz CT molecular complexity index is 1170. The van der Waals surface area contributed by atoms with Gasteiger partial charge in [-0.15, -0.1) is 0 Å². The third kappa shape index (κ3) is 4.34. The molecular formula is C22H26ClN7O. The van der Waals surface area contributed by atoms with Gasteiger partial charge in [0.05, 0.1) is 26.8 Å². The maximum atomic E-state index is 13.0. The second-order valence-corrected chi connectivity index (χ2v) is 8.12. The summed E-state index contributed by atoms with van der Waals surface area (Å²) < 4.78 is 26.4. The first-order valence-electron chi connectivity index (χ1n) is 11.6. The molecule has 2 atom stereocenters. The molecule has 0 bridgehead atoms. The van der Waals surface area contributed by atoms with E-state index in [1.54, 1.807) is 12.4 Å². The largest absolute Gasteiger partial charge is 0.346 e. The summed E-state index contributed by atoms with van der Waals surface area (Å²) in [6.07, 6.45) is 5.12. The summed E-state index contributed by atoms with van der Waals surface area (Å²) in [7, 11) is -0.477. The Morgan fingerprint density at radius 2 is 2.00 bits per heavy atom. The zero-order chi connectivity index (χ0) is 24.6. The molecule has 0 radical (unpaired) electrons. The molecule has 3 heterocycles. The first-order valence-corrected chi connectivity index (χ1v) is 10.3. The molecule has 2 amide bonds. The lowest BCUT2D eigenvalue weighted by atomic mass is 10.0. The van der Waals surface area contributed by atoms with Crippen LogP contribution >= 0.6 is 11.6 Å². The van der Waals surface area contributed by atoms with Crippen molar-refractivity contribution in [1.29, 1.82) is 0 Å². The van der Waals surface area contributed by atoms with Crippen LogP contribution in [0.15, 0.2) is 49.1 Å². The summed E-state index contributed by atoms with van der Waals surface area (Å²) >= 11 is 5.97. The van der Waals surface area contributed by atoms with Crippen LogP contribution in [0.4, 0.5) is 16.6 Å². The lowest BCUT2D eigenvalue weighted by Gasteiger charge is -2.25. The van der Waals surface area contributed by atoms with Crippen molar-refractivity contribution in [2.24, 2.45) is 5.92 Å². The Balaban J connectivity index is 1.56. The van der Waals surface area contributed by atoms with Crippen molar-refractivity contribution in [2.45, 2.75) is 32.9 Å². The van der Waals surface area contributed by atoms with Crippen LogP contribution in [0.2, 0.25) is 5.02 Å². The number of aromatic nitrogens is 4. The molecule has 1 unspecified atom stereocenters. The normalized spacial score (nSPS) is 20.5. The number of amides is 2. The number of hydrogen-bond acceptors (Lipinski definition) is 5. The number of nitrogens with zero attached hydrogens (tertiary/aromatic N) is 6. The smallest absolute Gasteiger partial charge is 0.325 e. The van der Waals surface area contributed by atoms with Crippen molar-refractivity contribution < 1.29 is 8.91 Å². The number of rotatable bonds is 6. The topological polar surface area (TPSA) is 79.2 Å². The number of carbonyl (C=O) groups excluding carboxylic acids is 1. The molecule has 1 N–H and O–H groups in total. The van der Waals surface area contributed by atoms with Crippen molar-refractivity contribution in [3.05, 3.63) is 59.8 Å². The number of nitrogens with one attached hydrogen (secondary N) is 1. The first-order chi connectivity index (χ1) is 16.1. The van der Waals surface area contributed by atoms with Gasteiger partial charge >= 0.3 is 6.03 Å². The van der Waals surface area contributed by atoms with Crippen molar-refractivity contribution in [2.75, 3.05) is 23.7 Å². The van der Waals surface area contributed by atoms with E-state index in [-0.39, 0.29) is 23.7 Å². The molecule has 162 valence electrons. The van der Waals surface area contributed by atoms with E-state index in [2.05, 4.69) is 20.3 Å². The van der Waals surface area contributed by atoms with Crippen molar-refractivity contribution >= 4 is 29.4 Å². The Hall–Kier alpha value is -3.13. The Labute approximate surface area is 191 Å². The van der Waals surface area contributed by atoms with Gasteiger partial charge in [0.25, 0.3) is 0 Å². The Kier molecular flexibility index (Phi) is 4.84. The van der Waals surface area contributed by atoms with E-state index in [0.29, 0.717) is 5.02 Å². The zero-order valence-electron chi connectivity index (χ0n) is 20.5. The molecule has 1 fully saturated rings. The lowest BCUT2D eigenvalue weighted by Crippen LogP contribution is -2.38. The predicted octanol–water partition coefficient (Wildman–Crippen LogP) is 4.39. The maximum Gasteiger partial charge on any atom is 0.325 e. The van der Waals surface area contributed by atoms with Crippen LogP contribution in [0.25, 0.3) is 5.69 Å². The molecule has 0 saturated carbocycles. The van der Waals surface area contributed by atoms with E-state index in [0.717, 1.165) is 16.3 Å². The van der Waals surface area contributed by atoms with Crippen LogP contribution in [-0.4, -0.2) is 50.0 Å². The van der Waals surface area contributed by atoms with Gasteiger partial charge in [-0.2, -0.15) is 4.98 Å². The molecule has 3 aromatic rings. The standard InChI is InChI=1S/C22H26ClN7O/c1-14(2)19-12-28(4)22(31)30(19)20-9-10-24-21(27-20)26-15(3)18-11-29(13-25-18)17-7-5-16(23)6-8-17/h5-11,13-15,19H,12H2,1-4H3,(H,24,26,27)/t15?,19-/m1/s1/i4D,12D2. The first kappa shape index (κ1) is 17.5. The van der Waals surface area contributed by atoms with E-state index in [1.165, 1.54) is 11.1 Å². The van der Waals surface area contributed by atoms with Gasteiger partial charge in [-0.3, -0.25) is 4.90 Å². The second-order valence-electron chi connectivity index (χ2n) is 7.69. The summed E-state index contributed by atoms with van der Waals surface area (Å²) in [5.74, 6) is 0.365. The summed E-state index contributed by atoms with van der Waals surface area (Å²) in [5, 5.41) is 3.86. The van der Waals surface area contributed by atoms with Gasteiger partial charge in [0, 0.05) is 38.0 Å². The summed E-state index contributed by atoms with van der Waals surface area (Å²) in [6.45, 7) is 3.61. The SMILES string of the molecule is [2H]CN1C(=O)N(c2ccnc(NC(C)c3cn(-c4ccc(Cl)cc4)cn3)n2)[C@@H](C(C)C)C1([2H])[2H]. The molecule has 9 heteroatoms. The molecular weight excluding hydrogens is 414 g/mol. The number of hydrogen-bond donors (Lipinski definition) is 1. The van der Waals surface area contributed by atoms with Crippen molar-refractivity contribution in [3.63, 3.8) is 0 Å². The van der Waals surface area contributed by atoms with Gasteiger partial charge in [0.15, 0.2) is 0 Å². The third-order valence-corrected chi connectivity index (χ3v) is 5.29. The summed E-state index contributed by atoms with van der Waals surface area (Å²) in [5.41, 5.74) is 1.69. The molecule has 4 rings (SSSR count). The quantitative estimate of drug-likeness (QED) is 0.612. The van der Waals surface area contributed by atoms with E-state index in [1.807, 2.05) is 55.8 Å². The van der Waals surface area contributed by atoms with Crippen LogP contribution in [0.1, 0.15) is 36.6 Å². The van der Waals surface area contributed by atoms with Gasteiger partial charge in [-0.05, 0) is 43.2 Å². The zero-order valence-corrected chi connectivity index (χ0v) is 18.3. The highest BCUT2D eigenvalue weighted by atomic mass is 35.5. The highest BCUT2D eigenvalue weighted by Gasteiger charge is 2.38. The van der Waals surface area contributed by atoms with Gasteiger partial charge in [0.2, 0.25) is 5.95 Å². The summed E-state index contributed by atoms with van der Waals surface area (Å²) in [6, 6.07) is 7.37. The number of likely N-dealkylation sites (N-methyl/N-ethyl adjacent to an activating group) is 1.